The van der Waals surface area contributed by atoms with Crippen molar-refractivity contribution in [1.29, 1.82) is 0 Å². The van der Waals surface area contributed by atoms with Gasteiger partial charge in [0.15, 0.2) is 0 Å². The first kappa shape index (κ1) is 13.2. The zero-order valence-electron chi connectivity index (χ0n) is 9.98. The predicted octanol–water partition coefficient (Wildman–Crippen LogP) is 0.126. The molecule has 0 radical (unpaired) electrons. The van der Waals surface area contributed by atoms with Crippen LogP contribution < -0.4 is 5.32 Å². The molecular weight excluding hydrogens is 206 g/mol. The van der Waals surface area contributed by atoms with E-state index in [1.807, 2.05) is 17.1 Å². The van der Waals surface area contributed by atoms with E-state index in [2.05, 4.69) is 17.3 Å². The van der Waals surface area contributed by atoms with E-state index < -0.39 is 5.60 Å². The van der Waals surface area contributed by atoms with E-state index in [-0.39, 0.29) is 6.61 Å². The standard InChI is InChI=1S/C11H21N3O2/c1-3-4-14-7-10(6-13-14)5-12-8-11(2,16)9-15/h6-7,12,15-16H,3-5,8-9H2,1-2H3. The summed E-state index contributed by atoms with van der Waals surface area (Å²) in [6.45, 7) is 5.41. The molecule has 1 atom stereocenters. The van der Waals surface area contributed by atoms with Gasteiger partial charge < -0.3 is 15.5 Å². The van der Waals surface area contributed by atoms with Crippen molar-refractivity contribution in [3.05, 3.63) is 18.0 Å². The van der Waals surface area contributed by atoms with Crippen molar-refractivity contribution in [2.45, 2.75) is 39.0 Å². The summed E-state index contributed by atoms with van der Waals surface area (Å²) in [6, 6.07) is 0. The third kappa shape index (κ3) is 4.30. The van der Waals surface area contributed by atoms with E-state index in [0.29, 0.717) is 13.1 Å². The lowest BCUT2D eigenvalue weighted by Gasteiger charge is -2.20. The van der Waals surface area contributed by atoms with E-state index >= 15 is 0 Å². The Hall–Kier alpha value is -0.910. The van der Waals surface area contributed by atoms with Crippen LogP contribution >= 0.6 is 0 Å². The normalized spacial score (nSPS) is 15.0. The minimum Gasteiger partial charge on any atom is -0.393 e. The summed E-state index contributed by atoms with van der Waals surface area (Å²) in [5, 5.41) is 25.7. The number of rotatable bonds is 7. The minimum absolute atomic E-state index is 0.241. The molecule has 0 aliphatic heterocycles. The molecule has 3 N–H and O–H groups in total. The number of aliphatic hydroxyl groups is 2. The van der Waals surface area contributed by atoms with Gasteiger partial charge in [0.1, 0.15) is 0 Å². The fourth-order valence-electron chi connectivity index (χ4n) is 1.38. The van der Waals surface area contributed by atoms with Gasteiger partial charge in [-0.05, 0) is 13.3 Å². The van der Waals surface area contributed by atoms with Gasteiger partial charge in [-0.3, -0.25) is 4.68 Å². The van der Waals surface area contributed by atoms with E-state index in [1.54, 1.807) is 6.92 Å². The Morgan fingerprint density at radius 2 is 2.31 bits per heavy atom. The first-order valence-corrected chi connectivity index (χ1v) is 5.62. The van der Waals surface area contributed by atoms with Crippen LogP contribution in [0, 0.1) is 0 Å². The van der Waals surface area contributed by atoms with E-state index in [9.17, 15) is 5.11 Å². The van der Waals surface area contributed by atoms with Gasteiger partial charge in [0.2, 0.25) is 0 Å². The molecule has 1 rings (SSSR count). The number of nitrogens with zero attached hydrogens (tertiary/aromatic N) is 2. The molecule has 1 aromatic rings. The van der Waals surface area contributed by atoms with Crippen LogP contribution in [0.1, 0.15) is 25.8 Å². The second kappa shape index (κ2) is 5.98. The third-order valence-corrected chi connectivity index (χ3v) is 2.32. The second-order valence-electron chi connectivity index (χ2n) is 4.37. The zero-order chi connectivity index (χ0) is 12.0. The molecule has 0 aromatic carbocycles. The molecule has 1 heterocycles. The summed E-state index contributed by atoms with van der Waals surface area (Å²) in [4.78, 5) is 0. The van der Waals surface area contributed by atoms with Crippen molar-refractivity contribution in [3.63, 3.8) is 0 Å². The first-order chi connectivity index (χ1) is 7.57. The van der Waals surface area contributed by atoms with Crippen molar-refractivity contribution < 1.29 is 10.2 Å². The van der Waals surface area contributed by atoms with Gasteiger partial charge in [0.05, 0.1) is 18.4 Å². The van der Waals surface area contributed by atoms with Crippen LogP contribution in [0.3, 0.4) is 0 Å². The summed E-state index contributed by atoms with van der Waals surface area (Å²) in [7, 11) is 0. The molecule has 0 spiro atoms. The molecule has 0 amide bonds. The molecule has 0 fully saturated rings. The van der Waals surface area contributed by atoms with Crippen LogP contribution in [-0.4, -0.2) is 38.7 Å². The van der Waals surface area contributed by atoms with Gasteiger partial charge in [0.25, 0.3) is 0 Å². The Labute approximate surface area is 96.1 Å². The predicted molar refractivity (Wildman–Crippen MR) is 61.9 cm³/mol. The molecule has 1 aromatic heterocycles. The van der Waals surface area contributed by atoms with Gasteiger partial charge in [-0.2, -0.15) is 5.10 Å². The van der Waals surface area contributed by atoms with Gasteiger partial charge in [-0.1, -0.05) is 6.92 Å². The van der Waals surface area contributed by atoms with E-state index in [1.165, 1.54) is 0 Å². The van der Waals surface area contributed by atoms with Crippen molar-refractivity contribution >= 4 is 0 Å². The van der Waals surface area contributed by atoms with Crippen molar-refractivity contribution in [3.8, 4) is 0 Å². The largest absolute Gasteiger partial charge is 0.393 e. The van der Waals surface area contributed by atoms with Crippen LogP contribution in [0.2, 0.25) is 0 Å². The Kier molecular flexibility index (Phi) is 4.92. The van der Waals surface area contributed by atoms with Gasteiger partial charge >= 0.3 is 0 Å². The van der Waals surface area contributed by atoms with Crippen LogP contribution in [0.5, 0.6) is 0 Å². The fraction of sp³-hybridized carbons (Fsp3) is 0.727. The van der Waals surface area contributed by atoms with Crippen molar-refractivity contribution in [2.75, 3.05) is 13.2 Å². The Balaban J connectivity index is 2.31. The SMILES string of the molecule is CCCn1cc(CNCC(C)(O)CO)cn1. The summed E-state index contributed by atoms with van der Waals surface area (Å²) >= 11 is 0. The summed E-state index contributed by atoms with van der Waals surface area (Å²) < 4.78 is 1.90. The van der Waals surface area contributed by atoms with Crippen molar-refractivity contribution in [2.24, 2.45) is 0 Å². The molecule has 0 aliphatic carbocycles. The molecule has 5 heteroatoms. The van der Waals surface area contributed by atoms with Gasteiger partial charge in [-0.25, -0.2) is 0 Å². The maximum Gasteiger partial charge on any atom is 0.0972 e. The molecular formula is C11H21N3O2. The lowest BCUT2D eigenvalue weighted by molar-refractivity contribution is 0.00254. The third-order valence-electron chi connectivity index (χ3n) is 2.32. The number of aromatic nitrogens is 2. The Morgan fingerprint density at radius 1 is 1.56 bits per heavy atom. The number of aryl methyl sites for hydroxylation is 1. The topological polar surface area (TPSA) is 70.3 Å². The number of hydrogen-bond donors (Lipinski definition) is 3. The number of aliphatic hydroxyl groups excluding tert-OH is 1. The van der Waals surface area contributed by atoms with Gasteiger partial charge in [-0.15, -0.1) is 0 Å². The maximum atomic E-state index is 9.56. The monoisotopic (exact) mass is 227 g/mol. The second-order valence-corrected chi connectivity index (χ2v) is 4.37. The van der Waals surface area contributed by atoms with Gasteiger partial charge in [0, 0.05) is 31.4 Å². The van der Waals surface area contributed by atoms with Crippen LogP contribution in [0.15, 0.2) is 12.4 Å². The average molecular weight is 227 g/mol. The highest BCUT2D eigenvalue weighted by atomic mass is 16.3. The summed E-state index contributed by atoms with van der Waals surface area (Å²) in [5.41, 5.74) is 0.0292. The fourth-order valence-corrected chi connectivity index (χ4v) is 1.38. The molecule has 0 bridgehead atoms. The molecule has 5 nitrogen and oxygen atoms in total. The first-order valence-electron chi connectivity index (χ1n) is 5.62. The molecule has 0 saturated heterocycles. The summed E-state index contributed by atoms with van der Waals surface area (Å²) in [5.74, 6) is 0. The smallest absolute Gasteiger partial charge is 0.0972 e. The minimum atomic E-state index is -1.06. The molecule has 16 heavy (non-hydrogen) atoms. The molecule has 92 valence electrons. The lowest BCUT2D eigenvalue weighted by Crippen LogP contribution is -2.40. The Bertz CT molecular complexity index is 310. The van der Waals surface area contributed by atoms with Crippen LogP contribution in [0.4, 0.5) is 0 Å². The molecule has 0 saturated carbocycles. The molecule has 0 aliphatic rings. The molecule has 1 unspecified atom stereocenters. The van der Waals surface area contributed by atoms with E-state index in [4.69, 9.17) is 5.11 Å². The van der Waals surface area contributed by atoms with Crippen LogP contribution in [0.25, 0.3) is 0 Å². The highest BCUT2D eigenvalue weighted by Crippen LogP contribution is 2.01. The maximum absolute atomic E-state index is 9.56. The highest BCUT2D eigenvalue weighted by Gasteiger charge is 2.17. The highest BCUT2D eigenvalue weighted by molar-refractivity contribution is 5.03. The quantitative estimate of drug-likeness (QED) is 0.619. The van der Waals surface area contributed by atoms with Crippen LogP contribution in [-0.2, 0) is 13.1 Å². The van der Waals surface area contributed by atoms with E-state index in [0.717, 1.165) is 18.5 Å². The Morgan fingerprint density at radius 3 is 2.94 bits per heavy atom. The summed E-state index contributed by atoms with van der Waals surface area (Å²) in [6.07, 6.45) is 4.87. The number of hydrogen-bond acceptors (Lipinski definition) is 4. The zero-order valence-corrected chi connectivity index (χ0v) is 9.98. The van der Waals surface area contributed by atoms with Crippen molar-refractivity contribution in [1.82, 2.24) is 15.1 Å². The number of nitrogens with one attached hydrogen (secondary N) is 1. The average Bonchev–Trinajstić information content (AvgIpc) is 2.66. The lowest BCUT2D eigenvalue weighted by atomic mass is 10.1.